The molecule has 0 spiro atoms. The Bertz CT molecular complexity index is 1980. The summed E-state index contributed by atoms with van der Waals surface area (Å²) in [4.78, 5) is 42.8. The van der Waals surface area contributed by atoms with Gasteiger partial charge in [0.1, 0.15) is 6.61 Å². The summed E-state index contributed by atoms with van der Waals surface area (Å²) >= 11 is 4.76. The summed E-state index contributed by atoms with van der Waals surface area (Å²) < 4.78 is 19.5. The number of aryl methyl sites for hydroxylation is 1. The van der Waals surface area contributed by atoms with E-state index < -0.39 is 16.9 Å². The number of nitro groups is 1. The summed E-state index contributed by atoms with van der Waals surface area (Å²) in [6.45, 7) is 5.73. The van der Waals surface area contributed by atoms with Crippen LogP contribution in [-0.2, 0) is 16.1 Å². The monoisotopic (exact) mass is 677 g/mol. The van der Waals surface area contributed by atoms with Gasteiger partial charge in [0, 0.05) is 12.1 Å². The number of thiazole rings is 1. The second-order valence-electron chi connectivity index (χ2n) is 9.96. The SMILES string of the molecule is CCOC(=O)C1=C(C)N=c2s/c(=C/c3cc(Br)c(OCc4cccc([N+](=O)[O-])c4)c(OC)c3)c(=O)n2[C@@H]1c1ccc(C)cc1. The molecule has 1 aliphatic rings. The van der Waals surface area contributed by atoms with Crippen molar-refractivity contribution >= 4 is 45.0 Å². The van der Waals surface area contributed by atoms with Crippen LogP contribution in [0.4, 0.5) is 5.69 Å². The lowest BCUT2D eigenvalue weighted by Gasteiger charge is -2.24. The molecule has 1 atom stereocenters. The standard InChI is InChI=1S/C32H28BrN3O7S/c1-5-42-31(38)27-19(3)34-32-35(28(27)22-11-9-18(2)10-12-22)30(37)26(44-32)16-21-14-24(33)29(25(15-21)41-4)43-17-20-7-6-8-23(13-20)36(39)40/h6-16,28H,5,17H2,1-4H3/b26-16+/t28-/m1/s1. The van der Waals surface area contributed by atoms with Crippen molar-refractivity contribution in [2.45, 2.75) is 33.4 Å². The van der Waals surface area contributed by atoms with Gasteiger partial charge in [-0.3, -0.25) is 19.5 Å². The van der Waals surface area contributed by atoms with Crippen LogP contribution >= 0.6 is 27.3 Å². The van der Waals surface area contributed by atoms with Crippen LogP contribution in [0.2, 0.25) is 0 Å². The van der Waals surface area contributed by atoms with Crippen molar-refractivity contribution in [3.05, 3.63) is 128 Å². The van der Waals surface area contributed by atoms with Gasteiger partial charge in [0.25, 0.3) is 11.2 Å². The first-order valence-corrected chi connectivity index (χ1v) is 15.2. The number of methoxy groups -OCH3 is 1. The normalized spacial score (nSPS) is 14.6. The van der Waals surface area contributed by atoms with Crippen LogP contribution < -0.4 is 24.4 Å². The number of hydrogen-bond donors (Lipinski definition) is 0. The zero-order valence-electron chi connectivity index (χ0n) is 24.3. The molecule has 4 aromatic rings. The van der Waals surface area contributed by atoms with Gasteiger partial charge in [-0.25, -0.2) is 9.79 Å². The Balaban J connectivity index is 1.55. The first-order chi connectivity index (χ1) is 21.1. The van der Waals surface area contributed by atoms with Crippen molar-refractivity contribution < 1.29 is 23.9 Å². The van der Waals surface area contributed by atoms with Gasteiger partial charge >= 0.3 is 5.97 Å². The minimum atomic E-state index is -0.695. The number of rotatable bonds is 9. The summed E-state index contributed by atoms with van der Waals surface area (Å²) in [6, 6.07) is 16.7. The van der Waals surface area contributed by atoms with Crippen LogP contribution in [0.5, 0.6) is 11.5 Å². The minimum Gasteiger partial charge on any atom is -0.493 e. The molecule has 44 heavy (non-hydrogen) atoms. The van der Waals surface area contributed by atoms with Crippen molar-refractivity contribution in [1.29, 1.82) is 0 Å². The van der Waals surface area contributed by atoms with Crippen molar-refractivity contribution in [2.24, 2.45) is 4.99 Å². The molecule has 0 N–H and O–H groups in total. The van der Waals surface area contributed by atoms with Crippen LogP contribution in [-0.4, -0.2) is 29.2 Å². The molecule has 0 fully saturated rings. The average Bonchev–Trinajstić information content (AvgIpc) is 3.30. The van der Waals surface area contributed by atoms with Gasteiger partial charge in [-0.1, -0.05) is 53.3 Å². The van der Waals surface area contributed by atoms with E-state index in [9.17, 15) is 19.7 Å². The van der Waals surface area contributed by atoms with E-state index in [2.05, 4.69) is 20.9 Å². The van der Waals surface area contributed by atoms with Crippen LogP contribution in [0.1, 0.15) is 42.1 Å². The highest BCUT2D eigenvalue weighted by molar-refractivity contribution is 9.10. The molecule has 0 radical (unpaired) electrons. The summed E-state index contributed by atoms with van der Waals surface area (Å²) in [7, 11) is 1.50. The third-order valence-electron chi connectivity index (χ3n) is 6.96. The number of halogens is 1. The maximum atomic E-state index is 13.9. The van der Waals surface area contributed by atoms with E-state index in [0.29, 0.717) is 47.7 Å². The number of aromatic nitrogens is 1. The maximum Gasteiger partial charge on any atom is 0.338 e. The maximum absolute atomic E-state index is 13.9. The fourth-order valence-corrected chi connectivity index (χ4v) is 6.51. The number of carbonyl (C=O) groups excluding carboxylic acids is 1. The second kappa shape index (κ2) is 13.0. The molecule has 0 bridgehead atoms. The number of esters is 1. The number of ether oxygens (including phenoxy) is 3. The van der Waals surface area contributed by atoms with Gasteiger partial charge in [0.2, 0.25) is 0 Å². The van der Waals surface area contributed by atoms with Gasteiger partial charge in [0.15, 0.2) is 16.3 Å². The summed E-state index contributed by atoms with van der Waals surface area (Å²) in [5.74, 6) is 0.302. The molecule has 0 aliphatic carbocycles. The average molecular weight is 679 g/mol. The highest BCUT2D eigenvalue weighted by Crippen LogP contribution is 2.37. The molecular formula is C32H28BrN3O7S. The van der Waals surface area contributed by atoms with E-state index in [4.69, 9.17) is 14.2 Å². The predicted octanol–water partition coefficient (Wildman–Crippen LogP) is 5.37. The van der Waals surface area contributed by atoms with Gasteiger partial charge in [-0.15, -0.1) is 0 Å². The van der Waals surface area contributed by atoms with Crippen LogP contribution in [0.25, 0.3) is 6.08 Å². The Morgan fingerprint density at radius 3 is 2.59 bits per heavy atom. The zero-order chi connectivity index (χ0) is 31.5. The highest BCUT2D eigenvalue weighted by atomic mass is 79.9. The predicted molar refractivity (Wildman–Crippen MR) is 170 cm³/mol. The molecule has 1 aliphatic heterocycles. The van der Waals surface area contributed by atoms with Crippen molar-refractivity contribution in [3.63, 3.8) is 0 Å². The Morgan fingerprint density at radius 1 is 1.16 bits per heavy atom. The van der Waals surface area contributed by atoms with E-state index in [1.54, 1.807) is 48.8 Å². The molecule has 10 nitrogen and oxygen atoms in total. The van der Waals surface area contributed by atoms with E-state index in [0.717, 1.165) is 11.1 Å². The van der Waals surface area contributed by atoms with E-state index in [1.807, 2.05) is 31.2 Å². The number of non-ortho nitro benzene ring substituents is 1. The molecule has 0 saturated heterocycles. The molecule has 226 valence electrons. The van der Waals surface area contributed by atoms with Crippen molar-refractivity contribution in [1.82, 2.24) is 4.57 Å². The molecule has 3 aromatic carbocycles. The highest BCUT2D eigenvalue weighted by Gasteiger charge is 2.33. The number of hydrogen-bond acceptors (Lipinski definition) is 9. The van der Waals surface area contributed by atoms with Crippen LogP contribution in [0, 0.1) is 17.0 Å². The van der Waals surface area contributed by atoms with Gasteiger partial charge < -0.3 is 14.2 Å². The fraction of sp³-hybridized carbons (Fsp3) is 0.219. The molecule has 2 heterocycles. The summed E-state index contributed by atoms with van der Waals surface area (Å²) in [5, 5.41) is 11.1. The van der Waals surface area contributed by atoms with E-state index in [-0.39, 0.29) is 24.5 Å². The second-order valence-corrected chi connectivity index (χ2v) is 11.8. The fourth-order valence-electron chi connectivity index (χ4n) is 4.89. The molecule has 0 amide bonds. The first-order valence-electron chi connectivity index (χ1n) is 13.6. The lowest BCUT2D eigenvalue weighted by atomic mass is 9.95. The molecule has 0 unspecified atom stereocenters. The van der Waals surface area contributed by atoms with Crippen LogP contribution in [0.3, 0.4) is 0 Å². The molecule has 5 rings (SSSR count). The number of nitro benzene ring substituents is 1. The molecular weight excluding hydrogens is 650 g/mol. The number of carbonyl (C=O) groups is 1. The largest absolute Gasteiger partial charge is 0.493 e. The van der Waals surface area contributed by atoms with E-state index >= 15 is 0 Å². The smallest absolute Gasteiger partial charge is 0.338 e. The van der Waals surface area contributed by atoms with Crippen molar-refractivity contribution in [3.8, 4) is 11.5 Å². The van der Waals surface area contributed by atoms with E-state index in [1.165, 1.54) is 30.6 Å². The molecule has 0 saturated carbocycles. The number of allylic oxidation sites excluding steroid dienone is 1. The zero-order valence-corrected chi connectivity index (χ0v) is 26.7. The number of nitrogens with zero attached hydrogens (tertiary/aromatic N) is 3. The van der Waals surface area contributed by atoms with Gasteiger partial charge in [0.05, 0.1) is 45.0 Å². The Morgan fingerprint density at radius 2 is 1.91 bits per heavy atom. The first kappa shape index (κ1) is 30.9. The number of fused-ring (bicyclic) bond motifs is 1. The Hall–Kier alpha value is -4.55. The summed E-state index contributed by atoms with van der Waals surface area (Å²) in [5.41, 5.74) is 3.61. The third kappa shape index (κ3) is 6.22. The topological polar surface area (TPSA) is 122 Å². The van der Waals surface area contributed by atoms with Crippen molar-refractivity contribution in [2.75, 3.05) is 13.7 Å². The minimum absolute atomic E-state index is 0.0249. The lowest BCUT2D eigenvalue weighted by molar-refractivity contribution is -0.384. The summed E-state index contributed by atoms with van der Waals surface area (Å²) in [6.07, 6.45) is 1.73. The van der Waals surface area contributed by atoms with Gasteiger partial charge in [-0.05, 0) is 71.6 Å². The molecule has 1 aromatic heterocycles. The Labute approximate surface area is 264 Å². The third-order valence-corrected chi connectivity index (χ3v) is 8.54. The quantitative estimate of drug-likeness (QED) is 0.133. The van der Waals surface area contributed by atoms with Gasteiger partial charge in [-0.2, -0.15) is 0 Å². The lowest BCUT2D eigenvalue weighted by Crippen LogP contribution is -2.39. The number of benzene rings is 3. The molecule has 12 heteroatoms. The van der Waals surface area contributed by atoms with Crippen LogP contribution in [0.15, 0.2) is 86.2 Å². The Kier molecular flexibility index (Phi) is 9.12.